The van der Waals surface area contributed by atoms with Crippen molar-refractivity contribution in [2.24, 2.45) is 0 Å². The molecule has 0 aliphatic carbocycles. The number of hydrogen-bond acceptors (Lipinski definition) is 0. The molecular formula is C2H5PW. The number of rotatable bonds is 0. The molecule has 0 aliphatic heterocycles. The topological polar surface area (TPSA) is 0 Å². The summed E-state index contributed by atoms with van der Waals surface area (Å²) < 4.78 is 0. The molecule has 1 unspecified atom stereocenters. The summed E-state index contributed by atoms with van der Waals surface area (Å²) in [5.41, 5.74) is 0. The van der Waals surface area contributed by atoms with Gasteiger partial charge in [0.15, 0.2) is 0 Å². The van der Waals surface area contributed by atoms with Crippen LogP contribution in [0, 0.1) is 0 Å². The van der Waals surface area contributed by atoms with Crippen molar-refractivity contribution in [3.05, 3.63) is 0 Å². The van der Waals surface area contributed by atoms with Crippen LogP contribution in [0.25, 0.3) is 0 Å². The minimum absolute atomic E-state index is 0.213. The van der Waals surface area contributed by atoms with E-state index in [9.17, 15) is 0 Å². The molecule has 4 heavy (non-hydrogen) atoms. The van der Waals surface area contributed by atoms with Crippen LogP contribution >= 0.6 is 5.18 Å². The van der Waals surface area contributed by atoms with Crippen molar-refractivity contribution in [1.29, 1.82) is 0 Å². The fourth-order valence-electron chi connectivity index (χ4n) is 0. The van der Waals surface area contributed by atoms with Gasteiger partial charge in [0, 0.05) is 0 Å². The Balaban J connectivity index is 3.51. The molecule has 0 aromatic rings. The maximum absolute atomic E-state index is 3.74. The molecule has 0 N–H and O–H groups in total. The molecule has 0 nitrogen and oxygen atoms in total. The monoisotopic (exact) mass is 244 g/mol. The molecule has 0 fully saturated rings. The second kappa shape index (κ2) is 2.12. The summed E-state index contributed by atoms with van der Waals surface area (Å²) in [4.78, 5) is 0. The van der Waals surface area contributed by atoms with Crippen LogP contribution in [0.3, 0.4) is 0 Å². The zero-order chi connectivity index (χ0) is 3.58. The fourth-order valence-corrected chi connectivity index (χ4v) is 0. The third-order valence-corrected chi connectivity index (χ3v) is 0. The van der Waals surface area contributed by atoms with E-state index in [-0.39, 0.29) is 5.18 Å². The molecule has 0 aliphatic rings. The second-order valence-corrected chi connectivity index (χ2v) is 8.60. The van der Waals surface area contributed by atoms with Crippen LogP contribution in [0.15, 0.2) is 0 Å². The zero-order valence-electron chi connectivity index (χ0n) is 2.56. The predicted octanol–water partition coefficient (Wildman–Crippen LogP) is 0.992. The molecule has 2 heteroatoms. The van der Waals surface area contributed by atoms with Gasteiger partial charge in [-0.3, -0.25) is 0 Å². The summed E-state index contributed by atoms with van der Waals surface area (Å²) in [6, 6.07) is 0. The van der Waals surface area contributed by atoms with E-state index in [4.69, 9.17) is 0 Å². The van der Waals surface area contributed by atoms with E-state index in [2.05, 4.69) is 13.0 Å². The van der Waals surface area contributed by atoms with Gasteiger partial charge in [-0.25, -0.2) is 0 Å². The molecule has 0 radical (unpaired) electrons. The third-order valence-electron chi connectivity index (χ3n) is 0. The van der Waals surface area contributed by atoms with Crippen molar-refractivity contribution in [2.45, 2.75) is 0 Å². The average Bonchev–Trinajstić information content (AvgIpc) is 0.811. The Morgan fingerprint density at radius 3 is 2.00 bits per heavy atom. The molecule has 0 saturated heterocycles. The van der Waals surface area contributed by atoms with Gasteiger partial charge in [-0.2, -0.15) is 0 Å². The first-order chi connectivity index (χ1) is 1.73. The maximum atomic E-state index is 3.74. The van der Waals surface area contributed by atoms with Crippen LogP contribution in [-0.2, 0) is 18.8 Å². The molecule has 0 amide bonds. The van der Waals surface area contributed by atoms with E-state index in [1.165, 1.54) is 0 Å². The van der Waals surface area contributed by atoms with Crippen molar-refractivity contribution in [3.63, 3.8) is 0 Å². The summed E-state index contributed by atoms with van der Waals surface area (Å²) in [5.74, 6) is 0. The standard InChI is InChI=1S/C2H5P.W/c1-3-2;/h1H2,2H3;. The molecule has 0 rings (SSSR count). The SMILES string of the molecule is C=[P](C)=[W]. The van der Waals surface area contributed by atoms with Gasteiger partial charge in [0.05, 0.1) is 0 Å². The molecular weight excluding hydrogens is 239 g/mol. The Labute approximate surface area is 37.4 Å². The van der Waals surface area contributed by atoms with E-state index in [1.807, 2.05) is 0 Å². The fraction of sp³-hybridized carbons (Fsp3) is 0.500. The molecule has 0 saturated carbocycles. The number of hydrogen-bond donors (Lipinski definition) is 0. The summed E-state index contributed by atoms with van der Waals surface area (Å²) in [6.07, 6.45) is 3.74. The van der Waals surface area contributed by atoms with E-state index in [1.54, 1.807) is 18.8 Å². The van der Waals surface area contributed by atoms with E-state index in [0.29, 0.717) is 0 Å². The van der Waals surface area contributed by atoms with Gasteiger partial charge in [-0.15, -0.1) is 0 Å². The Kier molecular flexibility index (Phi) is 2.57. The molecule has 0 heterocycles. The molecule has 0 bridgehead atoms. The van der Waals surface area contributed by atoms with Gasteiger partial charge in [0.1, 0.15) is 0 Å². The summed E-state index contributed by atoms with van der Waals surface area (Å²) >= 11 is 1.63. The van der Waals surface area contributed by atoms with Gasteiger partial charge in [-0.1, -0.05) is 0 Å². The first-order valence-corrected chi connectivity index (χ1v) is 6.77. The van der Waals surface area contributed by atoms with Crippen molar-refractivity contribution in [3.8, 4) is 0 Å². The Bertz CT molecular complexity index is 54.4. The summed E-state index contributed by atoms with van der Waals surface area (Å²) in [6.45, 7) is 2.16. The van der Waals surface area contributed by atoms with Crippen LogP contribution in [0.2, 0.25) is 0 Å². The molecule has 1 atom stereocenters. The molecule has 24 valence electrons. The van der Waals surface area contributed by atoms with Crippen molar-refractivity contribution < 1.29 is 18.8 Å². The second-order valence-electron chi connectivity index (χ2n) is 0.628. The van der Waals surface area contributed by atoms with Crippen LogP contribution in [0.5, 0.6) is 0 Å². The minimum atomic E-state index is 0.213. The third kappa shape index (κ3) is 13.4. The van der Waals surface area contributed by atoms with Crippen LogP contribution < -0.4 is 0 Å². The van der Waals surface area contributed by atoms with Gasteiger partial charge in [0.2, 0.25) is 0 Å². The first kappa shape index (κ1) is 4.86. The average molecular weight is 244 g/mol. The van der Waals surface area contributed by atoms with Crippen molar-refractivity contribution in [2.75, 3.05) is 6.66 Å². The van der Waals surface area contributed by atoms with Crippen molar-refractivity contribution >= 4 is 11.5 Å². The van der Waals surface area contributed by atoms with Gasteiger partial charge in [-0.05, 0) is 0 Å². The Morgan fingerprint density at radius 2 is 2.00 bits per heavy atom. The Hall–Kier alpha value is 0.858. The first-order valence-electron chi connectivity index (χ1n) is 0.946. The van der Waals surface area contributed by atoms with Crippen LogP contribution in [-0.4, -0.2) is 13.0 Å². The van der Waals surface area contributed by atoms with Gasteiger partial charge < -0.3 is 0 Å². The van der Waals surface area contributed by atoms with Crippen molar-refractivity contribution in [1.82, 2.24) is 0 Å². The van der Waals surface area contributed by atoms with E-state index in [0.717, 1.165) is 0 Å². The van der Waals surface area contributed by atoms with E-state index < -0.39 is 0 Å². The summed E-state index contributed by atoms with van der Waals surface area (Å²) in [7, 11) is 0. The molecule has 0 aromatic heterocycles. The van der Waals surface area contributed by atoms with Crippen LogP contribution in [0.1, 0.15) is 0 Å². The summed E-state index contributed by atoms with van der Waals surface area (Å²) in [5, 5.41) is 0.213. The van der Waals surface area contributed by atoms with Gasteiger partial charge >= 0.3 is 37.0 Å². The molecule has 0 aromatic carbocycles. The van der Waals surface area contributed by atoms with E-state index >= 15 is 0 Å². The van der Waals surface area contributed by atoms with Crippen LogP contribution in [0.4, 0.5) is 0 Å². The molecule has 0 spiro atoms. The predicted molar refractivity (Wildman–Crippen MR) is 20.0 cm³/mol. The quantitative estimate of drug-likeness (QED) is 0.557. The normalized spacial score (nSPS) is 10.8. The zero-order valence-corrected chi connectivity index (χ0v) is 6.39. The Morgan fingerprint density at radius 1 is 2.00 bits per heavy atom. The van der Waals surface area contributed by atoms with Gasteiger partial charge in [0.25, 0.3) is 0 Å².